The molecule has 2 aliphatic heterocycles. The Morgan fingerprint density at radius 1 is 0.907 bits per heavy atom. The monoisotopic (exact) mass is 605 g/mol. The van der Waals surface area contributed by atoms with Gasteiger partial charge in [0.1, 0.15) is 24.4 Å². The molecule has 0 bridgehead atoms. The second-order valence-corrected chi connectivity index (χ2v) is 12.4. The molecule has 2 aliphatic rings. The van der Waals surface area contributed by atoms with Gasteiger partial charge >= 0.3 is 0 Å². The predicted octanol–water partition coefficient (Wildman–Crippen LogP) is 7.06. The van der Waals surface area contributed by atoms with Gasteiger partial charge in [-0.1, -0.05) is 90.2 Å². The Labute approximate surface area is 260 Å². The summed E-state index contributed by atoms with van der Waals surface area (Å²) in [5.74, 6) is 0.870. The van der Waals surface area contributed by atoms with Crippen LogP contribution in [0.1, 0.15) is 110 Å². The Kier molecular flexibility index (Phi) is 16.2. The average Bonchev–Trinajstić information content (AvgIpc) is 3.00. The number of fused-ring (bicyclic) bond motifs is 1. The van der Waals surface area contributed by atoms with Gasteiger partial charge in [-0.25, -0.2) is 0 Å². The quantitative estimate of drug-likeness (QED) is 0.144. The first-order valence-corrected chi connectivity index (χ1v) is 16.9. The molecule has 5 atom stereocenters. The van der Waals surface area contributed by atoms with Crippen LogP contribution in [0.2, 0.25) is 0 Å². The summed E-state index contributed by atoms with van der Waals surface area (Å²) < 4.78 is 35.7. The molecule has 0 amide bonds. The van der Waals surface area contributed by atoms with Crippen LogP contribution in [0.25, 0.3) is 0 Å². The molecule has 2 saturated heterocycles. The fourth-order valence-corrected chi connectivity index (χ4v) is 5.64. The molecule has 0 saturated carbocycles. The predicted molar refractivity (Wildman–Crippen MR) is 171 cm³/mol. The molecule has 2 N–H and O–H groups in total. The van der Waals surface area contributed by atoms with Crippen molar-refractivity contribution in [2.24, 2.45) is 0 Å². The fourth-order valence-electron chi connectivity index (χ4n) is 5.64. The first-order valence-electron chi connectivity index (χ1n) is 16.9. The minimum absolute atomic E-state index is 0.346. The SMILES string of the molecule is CCCCCCCCOc1ccc(C/C=C/N[C@H]2[C@@H](OC)O[C@@H]3COC(C)(C)O[C@H]3[C@@H]2O)cc1OCCCCCCCC. The van der Waals surface area contributed by atoms with Crippen LogP contribution in [-0.4, -0.2) is 68.5 Å². The van der Waals surface area contributed by atoms with Gasteiger partial charge in [0.05, 0.1) is 19.8 Å². The number of aliphatic hydroxyl groups is 1. The van der Waals surface area contributed by atoms with E-state index in [-0.39, 0.29) is 6.10 Å². The normalized spacial score (nSPS) is 25.0. The molecule has 2 heterocycles. The summed E-state index contributed by atoms with van der Waals surface area (Å²) >= 11 is 0. The highest BCUT2D eigenvalue weighted by molar-refractivity contribution is 5.43. The summed E-state index contributed by atoms with van der Waals surface area (Å²) in [7, 11) is 1.58. The fraction of sp³-hybridized carbons (Fsp3) is 0.771. The maximum atomic E-state index is 11.1. The van der Waals surface area contributed by atoms with Gasteiger partial charge < -0.3 is 38.8 Å². The molecule has 0 spiro atoms. The number of nitrogens with one attached hydrogen (secondary N) is 1. The number of ether oxygens (including phenoxy) is 6. The molecule has 0 unspecified atom stereocenters. The van der Waals surface area contributed by atoms with E-state index in [1.54, 1.807) is 7.11 Å². The summed E-state index contributed by atoms with van der Waals surface area (Å²) in [6.45, 7) is 9.94. The van der Waals surface area contributed by atoms with Crippen LogP contribution in [0.5, 0.6) is 11.5 Å². The highest BCUT2D eigenvalue weighted by Gasteiger charge is 2.50. The van der Waals surface area contributed by atoms with Crippen LogP contribution in [-0.2, 0) is 25.4 Å². The highest BCUT2D eigenvalue weighted by atomic mass is 16.8. The molecule has 0 aliphatic carbocycles. The standard InChI is InChI=1S/C35H59NO7/c1-6-8-10-12-14-16-23-39-28-21-20-27(25-29(28)40-24-17-15-13-11-9-7-2)19-18-22-36-31-32(37)33-30(42-34(31)38-5)26-41-35(3,4)43-33/h18,20-22,25,30-34,36-37H,6-17,19,23-24,26H2,1-5H3/b22-18+/t30-,31-,32-,33-,34+/m1/s1. The molecule has 2 fully saturated rings. The maximum absolute atomic E-state index is 11.1. The van der Waals surface area contributed by atoms with Gasteiger partial charge in [0.2, 0.25) is 0 Å². The Morgan fingerprint density at radius 2 is 1.53 bits per heavy atom. The highest BCUT2D eigenvalue weighted by Crippen LogP contribution is 2.33. The lowest BCUT2D eigenvalue weighted by Crippen LogP contribution is -2.67. The lowest BCUT2D eigenvalue weighted by Gasteiger charge is -2.49. The molecule has 3 rings (SSSR count). The smallest absolute Gasteiger partial charge is 0.180 e. The minimum atomic E-state index is -0.818. The number of hydrogen-bond donors (Lipinski definition) is 2. The van der Waals surface area contributed by atoms with Crippen molar-refractivity contribution in [3.05, 3.63) is 36.0 Å². The van der Waals surface area contributed by atoms with Crippen molar-refractivity contribution in [3.8, 4) is 11.5 Å². The zero-order valence-electron chi connectivity index (χ0n) is 27.5. The molecule has 0 aromatic heterocycles. The van der Waals surface area contributed by atoms with Gasteiger partial charge in [-0.2, -0.15) is 0 Å². The van der Waals surface area contributed by atoms with E-state index in [0.717, 1.165) is 29.9 Å². The van der Waals surface area contributed by atoms with Crippen molar-refractivity contribution in [1.82, 2.24) is 5.32 Å². The summed E-state index contributed by atoms with van der Waals surface area (Å²) in [4.78, 5) is 0. The van der Waals surface area contributed by atoms with E-state index in [0.29, 0.717) is 26.2 Å². The van der Waals surface area contributed by atoms with E-state index >= 15 is 0 Å². The van der Waals surface area contributed by atoms with Crippen LogP contribution in [0, 0.1) is 0 Å². The van der Waals surface area contributed by atoms with Gasteiger partial charge in [-0.3, -0.25) is 0 Å². The summed E-state index contributed by atoms with van der Waals surface area (Å²) in [6, 6.07) is 5.74. The number of benzene rings is 1. The van der Waals surface area contributed by atoms with Crippen molar-refractivity contribution in [2.75, 3.05) is 26.9 Å². The first kappa shape index (κ1) is 35.6. The third kappa shape index (κ3) is 12.2. The molecule has 0 radical (unpaired) electrons. The lowest BCUT2D eigenvalue weighted by molar-refractivity contribution is -0.366. The van der Waals surface area contributed by atoms with Crippen LogP contribution < -0.4 is 14.8 Å². The summed E-state index contributed by atoms with van der Waals surface area (Å²) in [5, 5.41) is 14.4. The van der Waals surface area contributed by atoms with Crippen LogP contribution >= 0.6 is 0 Å². The van der Waals surface area contributed by atoms with Gasteiger partial charge in [-0.05, 0) is 57.0 Å². The second-order valence-electron chi connectivity index (χ2n) is 12.4. The molecular weight excluding hydrogens is 546 g/mol. The second kappa shape index (κ2) is 19.5. The van der Waals surface area contributed by atoms with E-state index in [1.807, 2.05) is 32.2 Å². The number of methoxy groups -OCH3 is 1. The van der Waals surface area contributed by atoms with Gasteiger partial charge in [0.15, 0.2) is 23.6 Å². The van der Waals surface area contributed by atoms with Crippen LogP contribution in [0.3, 0.4) is 0 Å². The topological polar surface area (TPSA) is 87.6 Å². The summed E-state index contributed by atoms with van der Waals surface area (Å²) in [6.07, 6.45) is 17.1. The van der Waals surface area contributed by atoms with Gasteiger partial charge in [0, 0.05) is 7.11 Å². The van der Waals surface area contributed by atoms with Gasteiger partial charge in [0.25, 0.3) is 0 Å². The molecule has 43 heavy (non-hydrogen) atoms. The largest absolute Gasteiger partial charge is 0.490 e. The van der Waals surface area contributed by atoms with Crippen molar-refractivity contribution in [2.45, 2.75) is 148 Å². The van der Waals surface area contributed by atoms with Crippen molar-refractivity contribution < 1.29 is 33.5 Å². The molecular formula is C35H59NO7. The Bertz CT molecular complexity index is 923. The molecule has 1 aromatic carbocycles. The average molecular weight is 606 g/mol. The van der Waals surface area contributed by atoms with E-state index in [2.05, 4.69) is 31.3 Å². The minimum Gasteiger partial charge on any atom is -0.490 e. The third-order valence-electron chi connectivity index (χ3n) is 8.20. The van der Waals surface area contributed by atoms with Crippen molar-refractivity contribution in [3.63, 3.8) is 0 Å². The Hall–Kier alpha value is -1.84. The van der Waals surface area contributed by atoms with E-state index in [4.69, 9.17) is 28.4 Å². The zero-order valence-corrected chi connectivity index (χ0v) is 27.5. The number of allylic oxidation sites excluding steroid dienone is 1. The Morgan fingerprint density at radius 3 is 2.19 bits per heavy atom. The number of hydrogen-bond acceptors (Lipinski definition) is 8. The summed E-state index contributed by atoms with van der Waals surface area (Å²) in [5.41, 5.74) is 1.13. The number of rotatable bonds is 21. The van der Waals surface area contributed by atoms with Crippen LogP contribution in [0.15, 0.2) is 30.5 Å². The van der Waals surface area contributed by atoms with Crippen molar-refractivity contribution >= 4 is 0 Å². The zero-order chi connectivity index (χ0) is 30.9. The number of unbranched alkanes of at least 4 members (excludes halogenated alkanes) is 10. The maximum Gasteiger partial charge on any atom is 0.180 e. The third-order valence-corrected chi connectivity index (χ3v) is 8.20. The van der Waals surface area contributed by atoms with Crippen LogP contribution in [0.4, 0.5) is 0 Å². The lowest BCUT2D eigenvalue weighted by atomic mass is 9.95. The molecule has 8 nitrogen and oxygen atoms in total. The van der Waals surface area contributed by atoms with E-state index < -0.39 is 30.3 Å². The number of aliphatic hydroxyl groups excluding tert-OH is 1. The van der Waals surface area contributed by atoms with Gasteiger partial charge in [-0.15, -0.1) is 0 Å². The van der Waals surface area contributed by atoms with Crippen molar-refractivity contribution in [1.29, 1.82) is 0 Å². The first-order chi connectivity index (χ1) is 20.9. The van der Waals surface area contributed by atoms with E-state index in [1.165, 1.54) is 64.2 Å². The molecule has 246 valence electrons. The van der Waals surface area contributed by atoms with E-state index in [9.17, 15) is 5.11 Å². The molecule has 8 heteroatoms. The Balaban J connectivity index is 1.54. The molecule has 1 aromatic rings.